The fourth-order valence-electron chi connectivity index (χ4n) is 8.19. The monoisotopic (exact) mass is 679 g/mol. The van der Waals surface area contributed by atoms with Crippen LogP contribution in [-0.2, 0) is 0 Å². The van der Waals surface area contributed by atoms with Gasteiger partial charge in [0.1, 0.15) is 34.2 Å². The van der Waals surface area contributed by atoms with E-state index in [2.05, 4.69) is 163 Å². The highest BCUT2D eigenvalue weighted by Crippen LogP contribution is 2.47. The van der Waals surface area contributed by atoms with Crippen LogP contribution in [0.15, 0.2) is 186 Å². The molecule has 53 heavy (non-hydrogen) atoms. The first-order chi connectivity index (χ1) is 26.3. The molecular weight excluding hydrogens is 649 g/mol. The van der Waals surface area contributed by atoms with Crippen molar-refractivity contribution >= 4 is 62.1 Å². The van der Waals surface area contributed by atoms with Crippen LogP contribution in [0, 0.1) is 0 Å². The lowest BCUT2D eigenvalue weighted by atomic mass is 9.34. The second kappa shape index (κ2) is 11.8. The number of anilines is 3. The topological polar surface area (TPSA) is 34.8 Å². The normalized spacial score (nSPS) is 12.4. The third-order valence-electron chi connectivity index (χ3n) is 10.6. The second-order valence-corrected chi connectivity index (χ2v) is 13.6. The number of rotatable bonds is 5. The molecule has 0 bridgehead atoms. The molecule has 0 saturated heterocycles. The average molecular weight is 680 g/mol. The van der Waals surface area contributed by atoms with Crippen LogP contribution in [0.3, 0.4) is 0 Å². The fourth-order valence-corrected chi connectivity index (χ4v) is 8.19. The van der Waals surface area contributed by atoms with Crippen molar-refractivity contribution in [1.29, 1.82) is 0 Å². The minimum atomic E-state index is -0.125. The molecular formula is C48H30BNO3. The molecule has 0 unspecified atom stereocenters. The number of hydrogen-bond donors (Lipinski definition) is 0. The third kappa shape index (κ3) is 4.71. The van der Waals surface area contributed by atoms with Gasteiger partial charge in [0.05, 0.1) is 0 Å². The van der Waals surface area contributed by atoms with Gasteiger partial charge in [0.25, 0.3) is 6.71 Å². The van der Waals surface area contributed by atoms with Crippen molar-refractivity contribution in [2.24, 2.45) is 0 Å². The molecule has 8 aromatic carbocycles. The number of furan rings is 1. The van der Waals surface area contributed by atoms with Gasteiger partial charge in [-0.1, -0.05) is 115 Å². The zero-order valence-corrected chi connectivity index (χ0v) is 28.6. The van der Waals surface area contributed by atoms with Gasteiger partial charge in [-0.15, -0.1) is 0 Å². The predicted molar refractivity (Wildman–Crippen MR) is 217 cm³/mol. The lowest BCUT2D eigenvalue weighted by Crippen LogP contribution is -2.57. The summed E-state index contributed by atoms with van der Waals surface area (Å²) in [7, 11) is 0. The van der Waals surface area contributed by atoms with Gasteiger partial charge in [-0.05, 0) is 82.7 Å². The molecule has 0 saturated carbocycles. The van der Waals surface area contributed by atoms with Gasteiger partial charge in [-0.25, -0.2) is 0 Å². The van der Waals surface area contributed by atoms with Gasteiger partial charge in [0.2, 0.25) is 0 Å². The molecule has 11 rings (SSSR count). The Morgan fingerprint density at radius 2 is 0.943 bits per heavy atom. The fraction of sp³-hybridized carbons (Fsp3) is 0. The molecule has 3 heterocycles. The standard InChI is InChI=1S/C48H30BNO3/c1-5-15-31(16-6-1)37-28-38(32-17-7-2-8-18-32)48-46-47(37)52-42-24-14-13-23-40(42)49(46)41-30-44-39(29-45(41)53-48)36-26-25-35(27-43(36)51-44)50(33-19-9-3-10-20-33)34-21-11-4-12-22-34/h1-30H. The first-order valence-corrected chi connectivity index (χ1v) is 18.0. The largest absolute Gasteiger partial charge is 0.458 e. The van der Waals surface area contributed by atoms with Gasteiger partial charge in [-0.2, -0.15) is 0 Å². The summed E-state index contributed by atoms with van der Waals surface area (Å²) in [5.41, 5.74) is 12.3. The number of ether oxygens (including phenoxy) is 2. The summed E-state index contributed by atoms with van der Waals surface area (Å²) in [5, 5.41) is 2.06. The molecule has 2 aliphatic heterocycles. The molecule has 0 spiro atoms. The Kier molecular flexibility index (Phi) is 6.61. The lowest BCUT2D eigenvalue weighted by Gasteiger charge is -2.35. The van der Waals surface area contributed by atoms with E-state index in [-0.39, 0.29) is 6.71 Å². The molecule has 0 N–H and O–H groups in total. The summed E-state index contributed by atoms with van der Waals surface area (Å²) in [6, 6.07) is 63.3. The van der Waals surface area contributed by atoms with Crippen LogP contribution in [-0.4, -0.2) is 6.71 Å². The highest BCUT2D eigenvalue weighted by molar-refractivity contribution is 6.98. The molecule has 5 heteroatoms. The highest BCUT2D eigenvalue weighted by Gasteiger charge is 2.43. The minimum absolute atomic E-state index is 0.125. The summed E-state index contributed by atoms with van der Waals surface area (Å²) in [6.07, 6.45) is 0. The molecule has 0 fully saturated rings. The molecule has 1 aromatic heterocycles. The van der Waals surface area contributed by atoms with Crippen LogP contribution in [0.25, 0.3) is 44.2 Å². The van der Waals surface area contributed by atoms with Crippen molar-refractivity contribution in [2.75, 3.05) is 4.90 Å². The maximum atomic E-state index is 7.09. The van der Waals surface area contributed by atoms with Crippen molar-refractivity contribution < 1.29 is 13.9 Å². The minimum Gasteiger partial charge on any atom is -0.458 e. The Morgan fingerprint density at radius 3 is 1.58 bits per heavy atom. The van der Waals surface area contributed by atoms with E-state index in [0.29, 0.717) is 0 Å². The van der Waals surface area contributed by atoms with Crippen molar-refractivity contribution in [3.05, 3.63) is 182 Å². The quantitative estimate of drug-likeness (QED) is 0.170. The van der Waals surface area contributed by atoms with Crippen LogP contribution in [0.1, 0.15) is 0 Å². The van der Waals surface area contributed by atoms with E-state index in [9.17, 15) is 0 Å². The van der Waals surface area contributed by atoms with E-state index in [4.69, 9.17) is 13.9 Å². The second-order valence-electron chi connectivity index (χ2n) is 13.6. The van der Waals surface area contributed by atoms with E-state index in [0.717, 1.165) is 101 Å². The average Bonchev–Trinajstić information content (AvgIpc) is 3.58. The smallest absolute Gasteiger partial charge is 0.260 e. The van der Waals surface area contributed by atoms with Crippen LogP contribution < -0.4 is 30.8 Å². The molecule has 0 aliphatic carbocycles. The lowest BCUT2D eigenvalue weighted by molar-refractivity contribution is 0.467. The Labute approximate surface area is 307 Å². The van der Waals surface area contributed by atoms with Crippen LogP contribution in [0.2, 0.25) is 0 Å². The molecule has 248 valence electrons. The van der Waals surface area contributed by atoms with Gasteiger partial charge in [-0.3, -0.25) is 0 Å². The third-order valence-corrected chi connectivity index (χ3v) is 10.6. The van der Waals surface area contributed by atoms with Crippen molar-refractivity contribution in [2.45, 2.75) is 0 Å². The summed E-state index contributed by atoms with van der Waals surface area (Å²) in [4.78, 5) is 2.26. The van der Waals surface area contributed by atoms with Crippen molar-refractivity contribution in [1.82, 2.24) is 0 Å². The maximum Gasteiger partial charge on any atom is 0.260 e. The summed E-state index contributed by atoms with van der Waals surface area (Å²) >= 11 is 0. The Balaban J connectivity index is 1.13. The van der Waals surface area contributed by atoms with E-state index in [1.165, 1.54) is 0 Å². The Hall–Kier alpha value is -6.98. The molecule has 0 amide bonds. The zero-order chi connectivity index (χ0) is 34.9. The maximum absolute atomic E-state index is 7.09. The molecule has 2 aliphatic rings. The van der Waals surface area contributed by atoms with Gasteiger partial charge in [0.15, 0.2) is 0 Å². The number of nitrogens with zero attached hydrogens (tertiary/aromatic N) is 1. The van der Waals surface area contributed by atoms with Crippen LogP contribution in [0.5, 0.6) is 23.0 Å². The molecule has 9 aromatic rings. The van der Waals surface area contributed by atoms with Crippen molar-refractivity contribution in [3.63, 3.8) is 0 Å². The van der Waals surface area contributed by atoms with E-state index in [1.54, 1.807) is 0 Å². The van der Waals surface area contributed by atoms with Gasteiger partial charge in [0, 0.05) is 50.5 Å². The summed E-state index contributed by atoms with van der Waals surface area (Å²) in [6.45, 7) is -0.125. The summed E-state index contributed by atoms with van der Waals surface area (Å²) < 4.78 is 20.7. The highest BCUT2D eigenvalue weighted by atomic mass is 16.5. The Morgan fingerprint density at radius 1 is 0.396 bits per heavy atom. The molecule has 0 atom stereocenters. The number of hydrogen-bond acceptors (Lipinski definition) is 4. The van der Waals surface area contributed by atoms with E-state index >= 15 is 0 Å². The zero-order valence-electron chi connectivity index (χ0n) is 28.6. The SMILES string of the molecule is c1ccc(-c2cc(-c3ccccc3)c3c4c2Oc2ccccc2B4c2cc4oc5cc(N(c6ccccc6)c6ccccc6)ccc5c4cc2O3)cc1. The first kappa shape index (κ1) is 29.7. The Bertz CT molecular complexity index is 2800. The van der Waals surface area contributed by atoms with E-state index < -0.39 is 0 Å². The first-order valence-electron chi connectivity index (χ1n) is 18.0. The number of benzene rings is 8. The molecule has 4 nitrogen and oxygen atoms in total. The number of para-hydroxylation sites is 3. The number of fused-ring (bicyclic) bond motifs is 7. The molecule has 0 radical (unpaired) electrons. The van der Waals surface area contributed by atoms with E-state index in [1.807, 2.05) is 24.3 Å². The van der Waals surface area contributed by atoms with Gasteiger partial charge >= 0.3 is 0 Å². The summed E-state index contributed by atoms with van der Waals surface area (Å²) in [5.74, 6) is 3.33. The van der Waals surface area contributed by atoms with Crippen LogP contribution in [0.4, 0.5) is 17.1 Å². The van der Waals surface area contributed by atoms with Crippen LogP contribution >= 0.6 is 0 Å². The van der Waals surface area contributed by atoms with Crippen molar-refractivity contribution in [3.8, 4) is 45.3 Å². The predicted octanol–water partition coefficient (Wildman–Crippen LogP) is 11.1. The van der Waals surface area contributed by atoms with Gasteiger partial charge < -0.3 is 18.8 Å².